The van der Waals surface area contributed by atoms with Crippen molar-refractivity contribution >= 4 is 28.8 Å². The third kappa shape index (κ3) is 3.07. The molecule has 3 rings (SSSR count). The third-order valence-electron chi connectivity index (χ3n) is 4.10. The molecule has 2 heterocycles. The van der Waals surface area contributed by atoms with Gasteiger partial charge in [-0.05, 0) is 23.6 Å². The van der Waals surface area contributed by atoms with Crippen LogP contribution in [0.15, 0.2) is 41.8 Å². The fraction of sp³-hybridized carbons (Fsp3) is 0.294. The molecule has 1 aliphatic rings. The summed E-state index contributed by atoms with van der Waals surface area (Å²) < 4.78 is 5.16. The molecule has 0 spiro atoms. The van der Waals surface area contributed by atoms with E-state index in [-0.39, 0.29) is 24.3 Å². The van der Waals surface area contributed by atoms with Crippen molar-refractivity contribution in [3.05, 3.63) is 46.7 Å². The maximum absolute atomic E-state index is 12.7. The number of thiophene rings is 1. The second-order valence-corrected chi connectivity index (χ2v) is 6.48. The Bertz CT molecular complexity index is 714. The van der Waals surface area contributed by atoms with Gasteiger partial charge in [0.2, 0.25) is 11.8 Å². The zero-order valence-corrected chi connectivity index (χ0v) is 13.8. The SMILES string of the molecule is COc1cccc(NC(=O)[C@H]2CC(=O)N(C)[C@H]2c2cccs2)c1. The molecule has 6 heteroatoms. The third-order valence-corrected chi connectivity index (χ3v) is 5.04. The number of nitrogens with one attached hydrogen (secondary N) is 1. The van der Waals surface area contributed by atoms with Crippen LogP contribution in [0.25, 0.3) is 0 Å². The molecule has 23 heavy (non-hydrogen) atoms. The van der Waals surface area contributed by atoms with E-state index in [0.29, 0.717) is 11.4 Å². The van der Waals surface area contributed by atoms with E-state index < -0.39 is 5.92 Å². The fourth-order valence-corrected chi connectivity index (χ4v) is 3.82. The summed E-state index contributed by atoms with van der Waals surface area (Å²) in [4.78, 5) is 27.5. The summed E-state index contributed by atoms with van der Waals surface area (Å²) in [5, 5.41) is 4.86. The molecule has 2 aromatic rings. The Morgan fingerprint density at radius 1 is 1.35 bits per heavy atom. The van der Waals surface area contributed by atoms with E-state index in [2.05, 4.69) is 5.32 Å². The number of hydrogen-bond donors (Lipinski definition) is 1. The number of likely N-dealkylation sites (tertiary alicyclic amines) is 1. The molecule has 1 aromatic heterocycles. The molecule has 0 bridgehead atoms. The number of ether oxygens (including phenoxy) is 1. The molecule has 5 nitrogen and oxygen atoms in total. The van der Waals surface area contributed by atoms with Gasteiger partial charge >= 0.3 is 0 Å². The van der Waals surface area contributed by atoms with E-state index in [1.54, 1.807) is 42.5 Å². The highest BCUT2D eigenvalue weighted by atomic mass is 32.1. The van der Waals surface area contributed by atoms with Crippen molar-refractivity contribution in [1.82, 2.24) is 4.90 Å². The predicted molar refractivity (Wildman–Crippen MR) is 89.6 cm³/mol. The van der Waals surface area contributed by atoms with Crippen LogP contribution in [-0.4, -0.2) is 30.9 Å². The van der Waals surface area contributed by atoms with Crippen LogP contribution >= 0.6 is 11.3 Å². The van der Waals surface area contributed by atoms with Crippen LogP contribution in [0, 0.1) is 5.92 Å². The van der Waals surface area contributed by atoms with Crippen molar-refractivity contribution < 1.29 is 14.3 Å². The average Bonchev–Trinajstić information content (AvgIpc) is 3.16. The van der Waals surface area contributed by atoms with Crippen LogP contribution in [0.1, 0.15) is 17.3 Å². The maximum atomic E-state index is 12.7. The highest BCUT2D eigenvalue weighted by molar-refractivity contribution is 7.10. The first kappa shape index (κ1) is 15.6. The smallest absolute Gasteiger partial charge is 0.230 e. The minimum absolute atomic E-state index is 0.00538. The summed E-state index contributed by atoms with van der Waals surface area (Å²) in [5.74, 6) is 0.137. The minimum atomic E-state index is -0.391. The van der Waals surface area contributed by atoms with Crippen LogP contribution in [0.2, 0.25) is 0 Å². The van der Waals surface area contributed by atoms with Crippen LogP contribution in [0.5, 0.6) is 5.75 Å². The maximum Gasteiger partial charge on any atom is 0.230 e. The van der Waals surface area contributed by atoms with Crippen molar-refractivity contribution in [3.8, 4) is 5.75 Å². The Morgan fingerprint density at radius 2 is 2.17 bits per heavy atom. The summed E-state index contributed by atoms with van der Waals surface area (Å²) >= 11 is 1.57. The number of rotatable bonds is 4. The first-order chi connectivity index (χ1) is 11.1. The Kier molecular flexibility index (Phi) is 4.34. The molecular formula is C17H18N2O3S. The highest BCUT2D eigenvalue weighted by Gasteiger charge is 2.43. The van der Waals surface area contributed by atoms with Gasteiger partial charge in [0, 0.05) is 30.1 Å². The van der Waals surface area contributed by atoms with E-state index >= 15 is 0 Å². The number of carbonyl (C=O) groups is 2. The van der Waals surface area contributed by atoms with E-state index in [1.807, 2.05) is 29.6 Å². The first-order valence-corrected chi connectivity index (χ1v) is 8.22. The molecule has 0 unspecified atom stereocenters. The van der Waals surface area contributed by atoms with Crippen molar-refractivity contribution in [2.75, 3.05) is 19.5 Å². The second kappa shape index (κ2) is 6.42. The molecule has 2 atom stereocenters. The number of benzene rings is 1. The van der Waals surface area contributed by atoms with Gasteiger partial charge < -0.3 is 15.0 Å². The molecule has 1 aliphatic heterocycles. The van der Waals surface area contributed by atoms with Gasteiger partial charge in [-0.1, -0.05) is 12.1 Å². The zero-order chi connectivity index (χ0) is 16.4. The lowest BCUT2D eigenvalue weighted by molar-refractivity contribution is -0.127. The number of carbonyl (C=O) groups excluding carboxylic acids is 2. The molecule has 120 valence electrons. The number of anilines is 1. The molecule has 1 saturated heterocycles. The van der Waals surface area contributed by atoms with Crippen molar-refractivity contribution in [1.29, 1.82) is 0 Å². The lowest BCUT2D eigenvalue weighted by Gasteiger charge is -2.23. The fourth-order valence-electron chi connectivity index (χ4n) is 2.89. The second-order valence-electron chi connectivity index (χ2n) is 5.50. The van der Waals surface area contributed by atoms with E-state index in [1.165, 1.54) is 0 Å². The number of nitrogens with zero attached hydrogens (tertiary/aromatic N) is 1. The lowest BCUT2D eigenvalue weighted by Crippen LogP contribution is -2.29. The molecule has 0 radical (unpaired) electrons. The number of hydrogen-bond acceptors (Lipinski definition) is 4. The monoisotopic (exact) mass is 330 g/mol. The van der Waals surface area contributed by atoms with Gasteiger partial charge in [-0.15, -0.1) is 11.3 Å². The number of methoxy groups -OCH3 is 1. The molecular weight excluding hydrogens is 312 g/mol. The highest BCUT2D eigenvalue weighted by Crippen LogP contribution is 2.39. The summed E-state index contributed by atoms with van der Waals surface area (Å²) in [6.07, 6.45) is 0.231. The van der Waals surface area contributed by atoms with E-state index in [0.717, 1.165) is 4.88 Å². The lowest BCUT2D eigenvalue weighted by atomic mass is 9.98. The summed E-state index contributed by atoms with van der Waals surface area (Å²) in [6.45, 7) is 0. The molecule has 2 amide bonds. The Morgan fingerprint density at radius 3 is 2.87 bits per heavy atom. The zero-order valence-electron chi connectivity index (χ0n) is 13.0. The van der Waals surface area contributed by atoms with Crippen LogP contribution in [0.4, 0.5) is 5.69 Å². The van der Waals surface area contributed by atoms with Gasteiger partial charge in [-0.3, -0.25) is 9.59 Å². The normalized spacial score (nSPS) is 20.6. The first-order valence-electron chi connectivity index (χ1n) is 7.34. The molecule has 1 fully saturated rings. The van der Waals surface area contributed by atoms with E-state index in [4.69, 9.17) is 4.74 Å². The van der Waals surface area contributed by atoms with Gasteiger partial charge in [0.15, 0.2) is 0 Å². The Hall–Kier alpha value is -2.34. The van der Waals surface area contributed by atoms with Crippen molar-refractivity contribution in [2.45, 2.75) is 12.5 Å². The molecule has 1 aromatic carbocycles. The topological polar surface area (TPSA) is 58.6 Å². The van der Waals surface area contributed by atoms with Gasteiger partial charge in [-0.2, -0.15) is 0 Å². The standard InChI is InChI=1S/C17H18N2O3S/c1-19-15(20)10-13(16(19)14-7-4-8-23-14)17(21)18-11-5-3-6-12(9-11)22-2/h3-9,13,16H,10H2,1-2H3,(H,18,21)/t13-,16+/m0/s1. The summed E-state index contributed by atoms with van der Waals surface area (Å²) in [6, 6.07) is 10.9. The Labute approximate surface area is 138 Å². The number of amides is 2. The molecule has 1 N–H and O–H groups in total. The van der Waals surface area contributed by atoms with Gasteiger partial charge in [0.05, 0.1) is 19.1 Å². The van der Waals surface area contributed by atoms with Gasteiger partial charge in [0.25, 0.3) is 0 Å². The van der Waals surface area contributed by atoms with Crippen LogP contribution in [-0.2, 0) is 9.59 Å². The molecule has 0 aliphatic carbocycles. The average molecular weight is 330 g/mol. The predicted octanol–water partition coefficient (Wildman–Crippen LogP) is 2.91. The van der Waals surface area contributed by atoms with Gasteiger partial charge in [0.1, 0.15) is 5.75 Å². The van der Waals surface area contributed by atoms with Gasteiger partial charge in [-0.25, -0.2) is 0 Å². The van der Waals surface area contributed by atoms with Crippen molar-refractivity contribution in [2.24, 2.45) is 5.92 Å². The van der Waals surface area contributed by atoms with E-state index in [9.17, 15) is 9.59 Å². The Balaban J connectivity index is 1.81. The quantitative estimate of drug-likeness (QED) is 0.938. The van der Waals surface area contributed by atoms with Crippen LogP contribution in [0.3, 0.4) is 0 Å². The minimum Gasteiger partial charge on any atom is -0.497 e. The van der Waals surface area contributed by atoms with Crippen LogP contribution < -0.4 is 10.1 Å². The molecule has 0 saturated carbocycles. The largest absolute Gasteiger partial charge is 0.497 e. The summed E-state index contributed by atoms with van der Waals surface area (Å²) in [7, 11) is 3.34. The summed E-state index contributed by atoms with van der Waals surface area (Å²) in [5.41, 5.74) is 0.668. The van der Waals surface area contributed by atoms with Crippen molar-refractivity contribution in [3.63, 3.8) is 0 Å².